The standard InChI is InChI=1S/C28H26N4O5/c1-5-36-23-11-10-19(15-24(23)35-4)26-29-25(37-30-26)16-31-22-9-7-6-8-21(22)27(33)32(28(31)34)20-13-17(2)12-18(3)14-20/h6-15H,5,16H2,1-4H3. The summed E-state index contributed by atoms with van der Waals surface area (Å²) in [5.74, 6) is 1.73. The Morgan fingerprint density at radius 1 is 0.946 bits per heavy atom. The first-order valence-corrected chi connectivity index (χ1v) is 11.9. The lowest BCUT2D eigenvalue weighted by molar-refractivity contribution is 0.311. The molecule has 0 saturated heterocycles. The smallest absolute Gasteiger partial charge is 0.336 e. The van der Waals surface area contributed by atoms with Gasteiger partial charge in [0.25, 0.3) is 5.56 Å². The zero-order valence-electron chi connectivity index (χ0n) is 21.0. The molecule has 0 amide bonds. The number of methoxy groups -OCH3 is 1. The maximum absolute atomic E-state index is 13.7. The highest BCUT2D eigenvalue weighted by Crippen LogP contribution is 2.31. The summed E-state index contributed by atoms with van der Waals surface area (Å²) in [4.78, 5) is 31.6. The lowest BCUT2D eigenvalue weighted by Crippen LogP contribution is -2.39. The summed E-state index contributed by atoms with van der Waals surface area (Å²) in [6.45, 7) is 6.25. The number of ether oxygens (including phenoxy) is 2. The molecular weight excluding hydrogens is 472 g/mol. The summed E-state index contributed by atoms with van der Waals surface area (Å²) < 4.78 is 19.2. The highest BCUT2D eigenvalue weighted by Gasteiger charge is 2.18. The first-order valence-electron chi connectivity index (χ1n) is 11.9. The second-order valence-corrected chi connectivity index (χ2v) is 8.68. The highest BCUT2D eigenvalue weighted by atomic mass is 16.5. The molecule has 37 heavy (non-hydrogen) atoms. The van der Waals surface area contributed by atoms with Gasteiger partial charge >= 0.3 is 5.69 Å². The van der Waals surface area contributed by atoms with Crippen LogP contribution in [0.25, 0.3) is 28.0 Å². The molecule has 9 heteroatoms. The minimum absolute atomic E-state index is 0.00834. The third kappa shape index (κ3) is 4.51. The first kappa shape index (κ1) is 24.1. The summed E-state index contributed by atoms with van der Waals surface area (Å²) >= 11 is 0. The van der Waals surface area contributed by atoms with Gasteiger partial charge in [0.15, 0.2) is 11.5 Å². The maximum Gasteiger partial charge on any atom is 0.336 e. The van der Waals surface area contributed by atoms with Gasteiger partial charge < -0.3 is 14.0 Å². The number of nitrogens with zero attached hydrogens (tertiary/aromatic N) is 4. The highest BCUT2D eigenvalue weighted by molar-refractivity contribution is 5.78. The molecular formula is C28H26N4O5. The molecule has 0 spiro atoms. The van der Waals surface area contributed by atoms with Crippen molar-refractivity contribution in [2.24, 2.45) is 0 Å². The van der Waals surface area contributed by atoms with Crippen molar-refractivity contribution in [3.05, 3.63) is 98.5 Å². The van der Waals surface area contributed by atoms with E-state index in [0.717, 1.165) is 11.1 Å². The van der Waals surface area contributed by atoms with Crippen LogP contribution < -0.4 is 20.7 Å². The minimum Gasteiger partial charge on any atom is -0.493 e. The Kier molecular flexibility index (Phi) is 6.35. The van der Waals surface area contributed by atoms with Crippen molar-refractivity contribution in [1.82, 2.24) is 19.3 Å². The molecule has 5 rings (SSSR count). The zero-order chi connectivity index (χ0) is 26.1. The van der Waals surface area contributed by atoms with E-state index >= 15 is 0 Å². The molecule has 2 aromatic heterocycles. The fourth-order valence-electron chi connectivity index (χ4n) is 4.43. The fraction of sp³-hybridized carbons (Fsp3) is 0.214. The molecule has 9 nitrogen and oxygen atoms in total. The minimum atomic E-state index is -0.490. The Morgan fingerprint density at radius 2 is 1.70 bits per heavy atom. The molecule has 0 radical (unpaired) electrons. The van der Waals surface area contributed by atoms with Gasteiger partial charge in [-0.1, -0.05) is 23.4 Å². The normalized spacial score (nSPS) is 11.1. The van der Waals surface area contributed by atoms with Crippen molar-refractivity contribution in [3.63, 3.8) is 0 Å². The van der Waals surface area contributed by atoms with Gasteiger partial charge in [0.1, 0.15) is 6.54 Å². The monoisotopic (exact) mass is 498 g/mol. The van der Waals surface area contributed by atoms with Gasteiger partial charge in [0.05, 0.1) is 30.3 Å². The molecule has 3 aromatic carbocycles. The van der Waals surface area contributed by atoms with E-state index in [9.17, 15) is 9.59 Å². The predicted octanol–water partition coefficient (Wildman–Crippen LogP) is 4.27. The van der Waals surface area contributed by atoms with Gasteiger partial charge in [0, 0.05) is 5.56 Å². The molecule has 0 fully saturated rings. The predicted molar refractivity (Wildman–Crippen MR) is 140 cm³/mol. The lowest BCUT2D eigenvalue weighted by Gasteiger charge is -2.13. The molecule has 0 N–H and O–H groups in total. The number of aromatic nitrogens is 4. The van der Waals surface area contributed by atoms with Crippen molar-refractivity contribution in [1.29, 1.82) is 0 Å². The van der Waals surface area contributed by atoms with Crippen LogP contribution in [-0.2, 0) is 6.54 Å². The summed E-state index contributed by atoms with van der Waals surface area (Å²) in [5, 5.41) is 4.51. The first-order chi connectivity index (χ1) is 17.9. The molecule has 188 valence electrons. The van der Waals surface area contributed by atoms with Crippen LogP contribution in [0, 0.1) is 13.8 Å². The van der Waals surface area contributed by atoms with Crippen LogP contribution in [0.2, 0.25) is 0 Å². The van der Waals surface area contributed by atoms with Crippen LogP contribution in [0.4, 0.5) is 0 Å². The molecule has 0 aliphatic heterocycles. The molecule has 0 atom stereocenters. The summed E-state index contributed by atoms with van der Waals surface area (Å²) in [6.07, 6.45) is 0. The zero-order valence-corrected chi connectivity index (χ0v) is 21.0. The van der Waals surface area contributed by atoms with Crippen molar-refractivity contribution in [2.45, 2.75) is 27.3 Å². The maximum atomic E-state index is 13.7. The van der Waals surface area contributed by atoms with E-state index in [1.165, 1.54) is 9.13 Å². The Bertz CT molecular complexity index is 1710. The average Bonchev–Trinajstić information content (AvgIpc) is 3.35. The van der Waals surface area contributed by atoms with E-state index in [2.05, 4.69) is 10.1 Å². The Labute approximate surface area is 212 Å². The van der Waals surface area contributed by atoms with Crippen molar-refractivity contribution in [3.8, 4) is 28.6 Å². The number of aryl methyl sites for hydroxylation is 2. The van der Waals surface area contributed by atoms with E-state index in [4.69, 9.17) is 14.0 Å². The average molecular weight is 499 g/mol. The van der Waals surface area contributed by atoms with Gasteiger partial charge in [-0.25, -0.2) is 9.36 Å². The third-order valence-corrected chi connectivity index (χ3v) is 6.00. The molecule has 2 heterocycles. The van der Waals surface area contributed by atoms with Crippen LogP contribution in [0.15, 0.2) is 74.8 Å². The van der Waals surface area contributed by atoms with E-state index in [0.29, 0.717) is 46.1 Å². The van der Waals surface area contributed by atoms with Gasteiger partial charge in [-0.3, -0.25) is 9.36 Å². The van der Waals surface area contributed by atoms with Crippen molar-refractivity contribution in [2.75, 3.05) is 13.7 Å². The van der Waals surface area contributed by atoms with Gasteiger partial charge in [-0.15, -0.1) is 0 Å². The van der Waals surface area contributed by atoms with Crippen LogP contribution in [0.5, 0.6) is 11.5 Å². The van der Waals surface area contributed by atoms with Crippen molar-refractivity contribution >= 4 is 10.9 Å². The second-order valence-electron chi connectivity index (χ2n) is 8.68. The summed E-state index contributed by atoms with van der Waals surface area (Å²) in [6, 6.07) is 18.0. The Balaban J connectivity index is 1.60. The molecule has 0 bridgehead atoms. The van der Waals surface area contributed by atoms with E-state index in [1.54, 1.807) is 43.5 Å². The Hall–Kier alpha value is -4.66. The van der Waals surface area contributed by atoms with Crippen LogP contribution in [0.3, 0.4) is 0 Å². The van der Waals surface area contributed by atoms with Crippen LogP contribution >= 0.6 is 0 Å². The second kappa shape index (κ2) is 9.77. The van der Waals surface area contributed by atoms with Gasteiger partial charge in [-0.05, 0) is 74.4 Å². The Morgan fingerprint density at radius 3 is 2.43 bits per heavy atom. The van der Waals surface area contributed by atoms with Crippen molar-refractivity contribution < 1.29 is 14.0 Å². The number of rotatable bonds is 7. The third-order valence-electron chi connectivity index (χ3n) is 6.00. The summed E-state index contributed by atoms with van der Waals surface area (Å²) in [5.41, 5.74) is 2.71. The number of para-hydroxylation sites is 1. The van der Waals surface area contributed by atoms with E-state index < -0.39 is 5.69 Å². The molecule has 0 aliphatic rings. The van der Waals surface area contributed by atoms with Gasteiger partial charge in [0.2, 0.25) is 11.7 Å². The summed E-state index contributed by atoms with van der Waals surface area (Å²) in [7, 11) is 1.56. The van der Waals surface area contributed by atoms with Gasteiger partial charge in [-0.2, -0.15) is 4.98 Å². The SMILES string of the molecule is CCOc1ccc(-c2noc(Cn3c(=O)n(-c4cc(C)cc(C)c4)c(=O)c4ccccc43)n2)cc1OC. The number of benzene rings is 3. The molecule has 0 unspecified atom stereocenters. The molecule has 5 aromatic rings. The van der Waals surface area contributed by atoms with Crippen LogP contribution in [-0.4, -0.2) is 33.0 Å². The number of fused-ring (bicyclic) bond motifs is 1. The largest absolute Gasteiger partial charge is 0.493 e. The molecule has 0 aliphatic carbocycles. The lowest BCUT2D eigenvalue weighted by atomic mass is 10.1. The van der Waals surface area contributed by atoms with E-state index in [-0.39, 0.29) is 18.0 Å². The fourth-order valence-corrected chi connectivity index (χ4v) is 4.43. The number of hydrogen-bond donors (Lipinski definition) is 0. The number of hydrogen-bond acceptors (Lipinski definition) is 7. The quantitative estimate of drug-likeness (QED) is 0.330. The van der Waals surface area contributed by atoms with E-state index in [1.807, 2.05) is 45.0 Å². The molecule has 0 saturated carbocycles. The topological polar surface area (TPSA) is 101 Å². The van der Waals surface area contributed by atoms with Crippen LogP contribution in [0.1, 0.15) is 23.9 Å².